The Labute approximate surface area is 140 Å². The van der Waals surface area contributed by atoms with Crippen LogP contribution in [-0.2, 0) is 6.42 Å². The van der Waals surface area contributed by atoms with E-state index in [1.165, 1.54) is 40.7 Å². The van der Waals surface area contributed by atoms with Gasteiger partial charge in [0, 0.05) is 6.42 Å². The molecule has 1 heteroatoms. The molecule has 0 radical (unpaired) electrons. The molecule has 122 valence electrons. The fraction of sp³-hybridized carbons (Fsp3) is 0.455. The highest BCUT2D eigenvalue weighted by Crippen LogP contribution is 2.45. The summed E-state index contributed by atoms with van der Waals surface area (Å²) < 4.78 is 0. The van der Waals surface area contributed by atoms with E-state index in [1.807, 2.05) is 6.08 Å². The van der Waals surface area contributed by atoms with Crippen molar-refractivity contribution < 1.29 is 5.11 Å². The van der Waals surface area contributed by atoms with Crippen LogP contribution in [0, 0.1) is 5.92 Å². The zero-order chi connectivity index (χ0) is 16.4. The summed E-state index contributed by atoms with van der Waals surface area (Å²) in [6.07, 6.45) is 14.1. The van der Waals surface area contributed by atoms with Crippen molar-refractivity contribution in [3.8, 4) is 0 Å². The molecule has 0 bridgehead atoms. The van der Waals surface area contributed by atoms with Gasteiger partial charge in [-0.15, -0.1) is 0 Å². The first kappa shape index (κ1) is 16.1. The predicted octanol–water partition coefficient (Wildman–Crippen LogP) is 6.41. The van der Waals surface area contributed by atoms with Crippen LogP contribution >= 0.6 is 0 Å². The highest BCUT2D eigenvalue weighted by atomic mass is 16.3. The summed E-state index contributed by atoms with van der Waals surface area (Å²) in [5, 5.41) is 10.3. The van der Waals surface area contributed by atoms with Crippen LogP contribution in [0.4, 0.5) is 0 Å². The molecule has 0 spiro atoms. The third-order valence-electron chi connectivity index (χ3n) is 5.55. The number of allylic oxidation sites excluding steroid dienone is 5. The summed E-state index contributed by atoms with van der Waals surface area (Å²) in [5.41, 5.74) is 6.96. The number of aryl methyl sites for hydroxylation is 1. The fourth-order valence-electron chi connectivity index (χ4n) is 4.31. The maximum Gasteiger partial charge on any atom is 0.0934 e. The number of aliphatic hydroxyl groups is 1. The van der Waals surface area contributed by atoms with Gasteiger partial charge in [-0.1, -0.05) is 64.0 Å². The zero-order valence-corrected chi connectivity index (χ0v) is 14.6. The van der Waals surface area contributed by atoms with Gasteiger partial charge < -0.3 is 5.11 Å². The van der Waals surface area contributed by atoms with E-state index in [0.29, 0.717) is 17.6 Å². The second-order valence-electron chi connectivity index (χ2n) is 6.78. The maximum atomic E-state index is 10.3. The van der Waals surface area contributed by atoms with E-state index in [2.05, 4.69) is 51.1 Å². The predicted molar refractivity (Wildman–Crippen MR) is 99.6 cm³/mol. The summed E-state index contributed by atoms with van der Waals surface area (Å²) >= 11 is 0. The first-order valence-electron chi connectivity index (χ1n) is 9.11. The van der Waals surface area contributed by atoms with Crippen LogP contribution in [0.1, 0.15) is 74.6 Å². The van der Waals surface area contributed by atoms with Crippen molar-refractivity contribution in [2.75, 3.05) is 0 Å². The molecule has 2 aliphatic carbocycles. The van der Waals surface area contributed by atoms with Crippen LogP contribution in [0.2, 0.25) is 0 Å². The van der Waals surface area contributed by atoms with Crippen molar-refractivity contribution in [1.82, 2.24) is 0 Å². The number of aliphatic hydroxyl groups excluding tert-OH is 1. The van der Waals surface area contributed by atoms with Crippen LogP contribution in [0.25, 0.3) is 11.6 Å². The lowest BCUT2D eigenvalue weighted by Crippen LogP contribution is -2.19. The van der Waals surface area contributed by atoms with E-state index < -0.39 is 0 Å². The van der Waals surface area contributed by atoms with Gasteiger partial charge in [-0.25, -0.2) is 0 Å². The molecule has 3 rings (SSSR count). The summed E-state index contributed by atoms with van der Waals surface area (Å²) in [5.74, 6) is 1.60. The standard InChI is InChI=1S/C22H28O/c1-4-15(5-2)20-14-19(23)13-18-12-11-16(6-3)21(22(18)20)17-9-7-8-10-17/h7,9-13,15,20,23H,4-6,8,14H2,1-3H3. The Balaban J connectivity index is 2.23. The molecule has 1 aromatic rings. The molecule has 23 heavy (non-hydrogen) atoms. The smallest absolute Gasteiger partial charge is 0.0934 e. The molecule has 0 heterocycles. The third kappa shape index (κ3) is 2.89. The van der Waals surface area contributed by atoms with E-state index in [0.717, 1.165) is 19.3 Å². The largest absolute Gasteiger partial charge is 0.512 e. The van der Waals surface area contributed by atoms with Gasteiger partial charge in [0.2, 0.25) is 0 Å². The molecule has 2 aliphatic rings. The first-order chi connectivity index (χ1) is 11.2. The molecular weight excluding hydrogens is 280 g/mol. The molecule has 1 atom stereocenters. The average molecular weight is 308 g/mol. The molecule has 1 nitrogen and oxygen atoms in total. The minimum atomic E-state index is 0.432. The highest BCUT2D eigenvalue weighted by molar-refractivity contribution is 5.83. The normalized spacial score (nSPS) is 19.7. The van der Waals surface area contributed by atoms with Gasteiger partial charge in [0.15, 0.2) is 0 Å². The Hall–Kier alpha value is -1.76. The molecule has 0 saturated heterocycles. The van der Waals surface area contributed by atoms with Crippen LogP contribution < -0.4 is 0 Å². The van der Waals surface area contributed by atoms with Crippen LogP contribution in [-0.4, -0.2) is 5.11 Å². The van der Waals surface area contributed by atoms with Crippen LogP contribution in [0.5, 0.6) is 0 Å². The molecule has 1 aromatic carbocycles. The zero-order valence-electron chi connectivity index (χ0n) is 14.6. The minimum absolute atomic E-state index is 0.432. The Morgan fingerprint density at radius 1 is 1.17 bits per heavy atom. The number of hydrogen-bond donors (Lipinski definition) is 1. The molecule has 0 aromatic heterocycles. The first-order valence-corrected chi connectivity index (χ1v) is 9.11. The molecule has 1 N–H and O–H groups in total. The molecule has 1 unspecified atom stereocenters. The number of rotatable bonds is 5. The quantitative estimate of drug-likeness (QED) is 0.666. The highest BCUT2D eigenvalue weighted by Gasteiger charge is 2.30. The summed E-state index contributed by atoms with van der Waals surface area (Å²) in [6.45, 7) is 6.80. The number of benzene rings is 1. The van der Waals surface area contributed by atoms with E-state index in [9.17, 15) is 5.11 Å². The fourth-order valence-corrected chi connectivity index (χ4v) is 4.31. The van der Waals surface area contributed by atoms with Crippen molar-refractivity contribution in [1.29, 1.82) is 0 Å². The summed E-state index contributed by atoms with van der Waals surface area (Å²) in [6, 6.07) is 4.46. The Morgan fingerprint density at radius 2 is 1.96 bits per heavy atom. The van der Waals surface area contributed by atoms with Gasteiger partial charge in [0.05, 0.1) is 5.76 Å². The van der Waals surface area contributed by atoms with Gasteiger partial charge >= 0.3 is 0 Å². The lowest BCUT2D eigenvalue weighted by Gasteiger charge is -2.33. The van der Waals surface area contributed by atoms with Gasteiger partial charge in [-0.2, -0.15) is 0 Å². The van der Waals surface area contributed by atoms with E-state index in [1.54, 1.807) is 0 Å². The average Bonchev–Trinajstić information content (AvgIpc) is 3.08. The van der Waals surface area contributed by atoms with E-state index in [-0.39, 0.29) is 0 Å². The Morgan fingerprint density at radius 3 is 2.57 bits per heavy atom. The summed E-state index contributed by atoms with van der Waals surface area (Å²) in [4.78, 5) is 0. The van der Waals surface area contributed by atoms with Gasteiger partial charge in [-0.05, 0) is 58.6 Å². The van der Waals surface area contributed by atoms with Crippen molar-refractivity contribution in [3.05, 3.63) is 58.4 Å². The number of hydrogen-bond acceptors (Lipinski definition) is 1. The van der Waals surface area contributed by atoms with Crippen molar-refractivity contribution >= 4 is 11.6 Å². The monoisotopic (exact) mass is 308 g/mol. The topological polar surface area (TPSA) is 20.2 Å². The lowest BCUT2D eigenvalue weighted by molar-refractivity contribution is 0.322. The minimum Gasteiger partial charge on any atom is -0.512 e. The molecule has 0 amide bonds. The molecular formula is C22H28O. The van der Waals surface area contributed by atoms with Crippen molar-refractivity contribution in [3.63, 3.8) is 0 Å². The second-order valence-corrected chi connectivity index (χ2v) is 6.78. The maximum absolute atomic E-state index is 10.3. The number of fused-ring (bicyclic) bond motifs is 1. The van der Waals surface area contributed by atoms with Crippen molar-refractivity contribution in [2.45, 2.75) is 58.8 Å². The van der Waals surface area contributed by atoms with E-state index in [4.69, 9.17) is 0 Å². The van der Waals surface area contributed by atoms with Crippen LogP contribution in [0.3, 0.4) is 0 Å². The SMILES string of the molecule is CCc1ccc2c(c1C1=CCC=C1)C(C(CC)CC)CC(O)=C2. The molecule has 0 aliphatic heterocycles. The Kier molecular flexibility index (Phi) is 4.75. The van der Waals surface area contributed by atoms with E-state index >= 15 is 0 Å². The van der Waals surface area contributed by atoms with Gasteiger partial charge in [-0.3, -0.25) is 0 Å². The third-order valence-corrected chi connectivity index (χ3v) is 5.55. The van der Waals surface area contributed by atoms with Gasteiger partial charge in [0.25, 0.3) is 0 Å². The van der Waals surface area contributed by atoms with Crippen molar-refractivity contribution in [2.24, 2.45) is 5.92 Å². The summed E-state index contributed by atoms with van der Waals surface area (Å²) in [7, 11) is 0. The second kappa shape index (κ2) is 6.78. The Bertz CT molecular complexity index is 671. The van der Waals surface area contributed by atoms with Gasteiger partial charge in [0.1, 0.15) is 0 Å². The molecule has 0 saturated carbocycles. The van der Waals surface area contributed by atoms with Crippen LogP contribution in [0.15, 0.2) is 36.1 Å². The lowest BCUT2D eigenvalue weighted by atomic mass is 9.72. The molecule has 0 fully saturated rings.